The normalized spacial score (nSPS) is 9.08. The Morgan fingerprint density at radius 1 is 1.75 bits per heavy atom. The van der Waals surface area contributed by atoms with Crippen molar-refractivity contribution in [2.24, 2.45) is 0 Å². The summed E-state index contributed by atoms with van der Waals surface area (Å²) in [5.74, 6) is -0.621. The molecule has 1 heterocycles. The molecule has 0 spiro atoms. The molecule has 12 heavy (non-hydrogen) atoms. The summed E-state index contributed by atoms with van der Waals surface area (Å²) in [6.07, 6.45) is 1.44. The maximum Gasteiger partial charge on any atom is 0.255 e. The van der Waals surface area contributed by atoms with Crippen LogP contribution in [0.1, 0.15) is 5.56 Å². The highest BCUT2D eigenvalue weighted by molar-refractivity contribution is 5.33. The fraction of sp³-hybridized carbons (Fsp3) is 0.250. The Hall–Kier alpha value is -1.63. The molecule has 3 nitrogen and oxygen atoms in total. The third-order valence-corrected chi connectivity index (χ3v) is 1.42. The van der Waals surface area contributed by atoms with Crippen LogP contribution in [-0.2, 0) is 6.42 Å². The second-order valence-electron chi connectivity index (χ2n) is 2.13. The van der Waals surface area contributed by atoms with E-state index in [9.17, 15) is 4.39 Å². The number of aromatic nitrogens is 1. The molecule has 0 saturated carbocycles. The number of nitrogens with zero attached hydrogens (tertiary/aromatic N) is 2. The smallest absolute Gasteiger partial charge is 0.255 e. The monoisotopic (exact) mass is 166 g/mol. The standard InChI is InChI=1S/C8H7FN2O/c1-12-7-6(2-4-10)3-5-11-8(7)9/h3,5H,2H2,1H3. The fourth-order valence-corrected chi connectivity index (χ4v) is 0.899. The van der Waals surface area contributed by atoms with Crippen molar-refractivity contribution in [2.45, 2.75) is 6.42 Å². The topological polar surface area (TPSA) is 45.9 Å². The van der Waals surface area contributed by atoms with Gasteiger partial charge in [0.2, 0.25) is 0 Å². The molecule has 0 aliphatic rings. The Morgan fingerprint density at radius 2 is 2.50 bits per heavy atom. The number of ether oxygens (including phenoxy) is 1. The van der Waals surface area contributed by atoms with E-state index in [1.54, 1.807) is 6.07 Å². The van der Waals surface area contributed by atoms with E-state index in [2.05, 4.69) is 4.98 Å². The van der Waals surface area contributed by atoms with Gasteiger partial charge in [-0.05, 0) is 6.07 Å². The second-order valence-corrected chi connectivity index (χ2v) is 2.13. The van der Waals surface area contributed by atoms with Crippen LogP contribution >= 0.6 is 0 Å². The lowest BCUT2D eigenvalue weighted by molar-refractivity contribution is 0.374. The van der Waals surface area contributed by atoms with Crippen molar-refractivity contribution >= 4 is 0 Å². The van der Waals surface area contributed by atoms with E-state index in [1.165, 1.54) is 13.3 Å². The summed E-state index contributed by atoms with van der Waals surface area (Å²) >= 11 is 0. The molecule has 0 aromatic carbocycles. The van der Waals surface area contributed by atoms with Gasteiger partial charge in [0.05, 0.1) is 19.6 Å². The summed E-state index contributed by atoms with van der Waals surface area (Å²) < 4.78 is 17.6. The van der Waals surface area contributed by atoms with E-state index in [-0.39, 0.29) is 12.2 Å². The van der Waals surface area contributed by atoms with Crippen LogP contribution in [0.4, 0.5) is 4.39 Å². The summed E-state index contributed by atoms with van der Waals surface area (Å²) in [5, 5.41) is 8.38. The van der Waals surface area contributed by atoms with Crippen LogP contribution in [0.3, 0.4) is 0 Å². The Bertz CT molecular complexity index is 319. The number of methoxy groups -OCH3 is 1. The molecule has 1 aromatic rings. The zero-order chi connectivity index (χ0) is 8.97. The minimum Gasteiger partial charge on any atom is -0.492 e. The maximum atomic E-state index is 12.8. The quantitative estimate of drug-likeness (QED) is 0.622. The number of hydrogen-bond acceptors (Lipinski definition) is 3. The van der Waals surface area contributed by atoms with Crippen LogP contribution in [0.15, 0.2) is 12.3 Å². The van der Waals surface area contributed by atoms with Gasteiger partial charge in [-0.15, -0.1) is 0 Å². The van der Waals surface area contributed by atoms with Crippen LogP contribution in [0, 0.1) is 17.3 Å². The molecular formula is C8H7FN2O. The second kappa shape index (κ2) is 3.67. The van der Waals surface area contributed by atoms with Crippen molar-refractivity contribution in [3.63, 3.8) is 0 Å². The molecule has 0 aliphatic carbocycles. The van der Waals surface area contributed by atoms with Gasteiger partial charge in [-0.2, -0.15) is 9.65 Å². The SMILES string of the molecule is COc1c(CC#N)ccnc1F. The van der Waals surface area contributed by atoms with Crippen LogP contribution in [0.2, 0.25) is 0 Å². The molecule has 4 heteroatoms. The summed E-state index contributed by atoms with van der Waals surface area (Å²) in [6.45, 7) is 0. The van der Waals surface area contributed by atoms with Gasteiger partial charge in [0.1, 0.15) is 0 Å². The Kier molecular flexibility index (Phi) is 2.59. The van der Waals surface area contributed by atoms with Gasteiger partial charge in [-0.1, -0.05) is 0 Å². The average molecular weight is 166 g/mol. The highest BCUT2D eigenvalue weighted by Gasteiger charge is 2.08. The van der Waals surface area contributed by atoms with Gasteiger partial charge in [0, 0.05) is 11.8 Å². The van der Waals surface area contributed by atoms with E-state index in [1.807, 2.05) is 6.07 Å². The predicted molar refractivity (Wildman–Crippen MR) is 40.1 cm³/mol. The summed E-state index contributed by atoms with van der Waals surface area (Å²) in [6, 6.07) is 3.47. The summed E-state index contributed by atoms with van der Waals surface area (Å²) in [7, 11) is 1.35. The van der Waals surface area contributed by atoms with Gasteiger partial charge >= 0.3 is 0 Å². The maximum absolute atomic E-state index is 12.8. The van der Waals surface area contributed by atoms with E-state index < -0.39 is 5.95 Å². The zero-order valence-electron chi connectivity index (χ0n) is 6.54. The molecule has 0 unspecified atom stereocenters. The van der Waals surface area contributed by atoms with Crippen molar-refractivity contribution in [3.05, 3.63) is 23.8 Å². The molecule has 0 fully saturated rings. The Morgan fingerprint density at radius 3 is 3.08 bits per heavy atom. The van der Waals surface area contributed by atoms with Crippen molar-refractivity contribution < 1.29 is 9.13 Å². The highest BCUT2D eigenvalue weighted by Crippen LogP contribution is 2.19. The molecule has 0 radical (unpaired) electrons. The number of pyridine rings is 1. The number of halogens is 1. The van der Waals surface area contributed by atoms with Gasteiger partial charge in [0.15, 0.2) is 5.75 Å². The minimum atomic E-state index is -0.676. The fourth-order valence-electron chi connectivity index (χ4n) is 0.899. The molecule has 0 saturated heterocycles. The van der Waals surface area contributed by atoms with Gasteiger partial charge in [0.25, 0.3) is 5.95 Å². The lowest BCUT2D eigenvalue weighted by Crippen LogP contribution is -1.96. The third kappa shape index (κ3) is 1.51. The first-order chi connectivity index (χ1) is 5.79. The first-order valence-electron chi connectivity index (χ1n) is 3.34. The molecule has 1 rings (SSSR count). The van der Waals surface area contributed by atoms with Gasteiger partial charge < -0.3 is 4.74 Å². The third-order valence-electron chi connectivity index (χ3n) is 1.42. The average Bonchev–Trinajstić information content (AvgIpc) is 2.05. The van der Waals surface area contributed by atoms with Crippen molar-refractivity contribution in [1.82, 2.24) is 4.98 Å². The van der Waals surface area contributed by atoms with Crippen LogP contribution in [-0.4, -0.2) is 12.1 Å². The van der Waals surface area contributed by atoms with E-state index in [0.29, 0.717) is 5.56 Å². The largest absolute Gasteiger partial charge is 0.492 e. The van der Waals surface area contributed by atoms with Crippen LogP contribution in [0.25, 0.3) is 0 Å². The number of nitriles is 1. The first-order valence-corrected chi connectivity index (χ1v) is 3.34. The lowest BCUT2D eigenvalue weighted by Gasteiger charge is -2.04. The van der Waals surface area contributed by atoms with Crippen LogP contribution < -0.4 is 4.74 Å². The van der Waals surface area contributed by atoms with Gasteiger partial charge in [-0.25, -0.2) is 4.98 Å². The lowest BCUT2D eigenvalue weighted by atomic mass is 10.2. The molecule has 0 N–H and O–H groups in total. The first kappa shape index (κ1) is 8.47. The summed E-state index contributed by atoms with van der Waals surface area (Å²) in [4.78, 5) is 3.39. The molecule has 0 amide bonds. The molecule has 1 aromatic heterocycles. The van der Waals surface area contributed by atoms with E-state index >= 15 is 0 Å². The minimum absolute atomic E-state index is 0.0547. The molecular weight excluding hydrogens is 159 g/mol. The molecule has 0 atom stereocenters. The predicted octanol–water partition coefficient (Wildman–Crippen LogP) is 1.30. The Labute approximate surface area is 69.4 Å². The highest BCUT2D eigenvalue weighted by atomic mass is 19.1. The Balaban J connectivity index is 3.11. The van der Waals surface area contributed by atoms with E-state index in [0.717, 1.165) is 0 Å². The van der Waals surface area contributed by atoms with Crippen molar-refractivity contribution in [1.29, 1.82) is 5.26 Å². The molecule has 0 aliphatic heterocycles. The molecule has 0 bridgehead atoms. The number of rotatable bonds is 2. The van der Waals surface area contributed by atoms with Gasteiger partial charge in [-0.3, -0.25) is 0 Å². The van der Waals surface area contributed by atoms with Crippen molar-refractivity contribution in [3.8, 4) is 11.8 Å². The van der Waals surface area contributed by atoms with E-state index in [4.69, 9.17) is 10.00 Å². The zero-order valence-corrected chi connectivity index (χ0v) is 6.54. The summed E-state index contributed by atoms with van der Waals surface area (Å²) in [5.41, 5.74) is 0.521. The van der Waals surface area contributed by atoms with Crippen LogP contribution in [0.5, 0.6) is 5.75 Å². The molecule has 62 valence electrons. The van der Waals surface area contributed by atoms with Crippen molar-refractivity contribution in [2.75, 3.05) is 7.11 Å². The number of hydrogen-bond donors (Lipinski definition) is 0.